The number of ether oxygens (including phenoxy) is 1. The van der Waals surface area contributed by atoms with Crippen molar-refractivity contribution in [2.24, 2.45) is 0 Å². The number of nitrogens with zero attached hydrogens (tertiary/aromatic N) is 1. The molecule has 3 aromatic rings. The fourth-order valence-corrected chi connectivity index (χ4v) is 3.56. The second-order valence-corrected chi connectivity index (χ2v) is 7.13. The molecule has 0 fully saturated rings. The minimum absolute atomic E-state index is 0.105. The van der Waals surface area contributed by atoms with E-state index in [9.17, 15) is 4.79 Å². The quantitative estimate of drug-likeness (QED) is 0.666. The Morgan fingerprint density at radius 3 is 2.50 bits per heavy atom. The molecule has 0 bridgehead atoms. The summed E-state index contributed by atoms with van der Waals surface area (Å²) >= 11 is 1.70. The van der Waals surface area contributed by atoms with Crippen LogP contribution >= 0.6 is 11.3 Å². The van der Waals surface area contributed by atoms with E-state index in [4.69, 9.17) is 4.74 Å². The summed E-state index contributed by atoms with van der Waals surface area (Å²) in [7, 11) is 4.04. The van der Waals surface area contributed by atoms with Gasteiger partial charge in [-0.2, -0.15) is 0 Å². The Kier molecular flexibility index (Phi) is 6.04. The van der Waals surface area contributed by atoms with E-state index in [1.54, 1.807) is 23.5 Å². The molecule has 0 aliphatic carbocycles. The largest absolute Gasteiger partial charge is 0.457 e. The monoisotopic (exact) mass is 366 g/mol. The maximum absolute atomic E-state index is 12.6. The Labute approximate surface area is 158 Å². The number of amides is 1. The van der Waals surface area contributed by atoms with Gasteiger partial charge < -0.3 is 15.0 Å². The van der Waals surface area contributed by atoms with Gasteiger partial charge in [-0.15, -0.1) is 11.3 Å². The summed E-state index contributed by atoms with van der Waals surface area (Å²) in [5.41, 5.74) is 0.585. The van der Waals surface area contributed by atoms with Crippen LogP contribution in [0.5, 0.6) is 11.5 Å². The number of thiophene rings is 1. The van der Waals surface area contributed by atoms with Crippen LogP contribution in [0.1, 0.15) is 21.3 Å². The summed E-state index contributed by atoms with van der Waals surface area (Å²) in [6.07, 6.45) is 0. The summed E-state index contributed by atoms with van der Waals surface area (Å²) in [6.45, 7) is 0.552. The summed E-state index contributed by atoms with van der Waals surface area (Å²) in [5, 5.41) is 5.08. The lowest BCUT2D eigenvalue weighted by molar-refractivity contribution is 0.0942. The maximum Gasteiger partial charge on any atom is 0.251 e. The molecule has 1 atom stereocenters. The highest BCUT2D eigenvalue weighted by molar-refractivity contribution is 7.10. The van der Waals surface area contributed by atoms with Gasteiger partial charge in [-0.25, -0.2) is 0 Å². The zero-order valence-electron chi connectivity index (χ0n) is 14.9. The van der Waals surface area contributed by atoms with Gasteiger partial charge in [-0.1, -0.05) is 30.3 Å². The normalized spacial score (nSPS) is 12.0. The Bertz CT molecular complexity index is 832. The van der Waals surface area contributed by atoms with Crippen LogP contribution in [0.4, 0.5) is 0 Å². The zero-order valence-corrected chi connectivity index (χ0v) is 15.7. The standard InChI is InChI=1S/C21H22N2O2S/c1-23(2)19(20-12-7-13-26-20)15-22-21(24)16-8-6-11-18(14-16)25-17-9-4-3-5-10-17/h3-14,19H,15H2,1-2H3,(H,22,24)/t19-/m0/s1. The lowest BCUT2D eigenvalue weighted by Gasteiger charge is -2.23. The number of carbonyl (C=O) groups is 1. The molecule has 0 unspecified atom stereocenters. The van der Waals surface area contributed by atoms with Gasteiger partial charge in [0.2, 0.25) is 0 Å². The molecule has 3 rings (SSSR count). The third-order valence-electron chi connectivity index (χ3n) is 4.03. The molecule has 0 aliphatic heterocycles. The molecule has 5 heteroatoms. The van der Waals surface area contributed by atoms with Crippen LogP contribution in [0.2, 0.25) is 0 Å². The molecule has 26 heavy (non-hydrogen) atoms. The smallest absolute Gasteiger partial charge is 0.251 e. The zero-order chi connectivity index (χ0) is 18.4. The van der Waals surface area contributed by atoms with Gasteiger partial charge in [-0.05, 0) is 55.9 Å². The first-order valence-electron chi connectivity index (χ1n) is 8.44. The number of para-hydroxylation sites is 1. The van der Waals surface area contributed by atoms with Crippen LogP contribution in [-0.4, -0.2) is 31.4 Å². The number of carbonyl (C=O) groups excluding carboxylic acids is 1. The molecule has 0 saturated carbocycles. The summed E-state index contributed by atoms with van der Waals surface area (Å²) in [4.78, 5) is 15.9. The summed E-state index contributed by atoms with van der Waals surface area (Å²) < 4.78 is 5.81. The minimum Gasteiger partial charge on any atom is -0.457 e. The third-order valence-corrected chi connectivity index (χ3v) is 5.00. The van der Waals surface area contributed by atoms with Gasteiger partial charge in [0.05, 0.1) is 6.04 Å². The molecule has 1 amide bonds. The fourth-order valence-electron chi connectivity index (χ4n) is 2.64. The molecule has 134 valence electrons. The molecule has 1 N–H and O–H groups in total. The highest BCUT2D eigenvalue weighted by Gasteiger charge is 2.17. The predicted octanol–water partition coefficient (Wildman–Crippen LogP) is 4.57. The number of benzene rings is 2. The molecule has 0 aliphatic rings. The Hall–Kier alpha value is -2.63. The highest BCUT2D eigenvalue weighted by Crippen LogP contribution is 2.23. The highest BCUT2D eigenvalue weighted by atomic mass is 32.1. The minimum atomic E-state index is -0.105. The van der Waals surface area contributed by atoms with E-state index >= 15 is 0 Å². The van der Waals surface area contributed by atoms with E-state index < -0.39 is 0 Å². The first kappa shape index (κ1) is 18.2. The average molecular weight is 366 g/mol. The second kappa shape index (κ2) is 8.65. The van der Waals surface area contributed by atoms with Crippen molar-refractivity contribution in [2.45, 2.75) is 6.04 Å². The number of hydrogen-bond acceptors (Lipinski definition) is 4. The van der Waals surface area contributed by atoms with Crippen molar-refractivity contribution < 1.29 is 9.53 Å². The lowest BCUT2D eigenvalue weighted by Crippen LogP contribution is -2.34. The van der Waals surface area contributed by atoms with Crippen molar-refractivity contribution in [1.29, 1.82) is 0 Å². The molecule has 0 spiro atoms. The van der Waals surface area contributed by atoms with E-state index in [1.165, 1.54) is 4.88 Å². The molecule has 4 nitrogen and oxygen atoms in total. The van der Waals surface area contributed by atoms with Crippen molar-refractivity contribution in [3.05, 3.63) is 82.6 Å². The number of nitrogens with one attached hydrogen (secondary N) is 1. The average Bonchev–Trinajstić information content (AvgIpc) is 3.17. The van der Waals surface area contributed by atoms with Gasteiger partial charge >= 0.3 is 0 Å². The topological polar surface area (TPSA) is 41.6 Å². The number of likely N-dealkylation sites (N-methyl/N-ethyl adjacent to an activating group) is 1. The molecule has 0 radical (unpaired) electrons. The number of hydrogen-bond donors (Lipinski definition) is 1. The van der Waals surface area contributed by atoms with Gasteiger partial charge in [0, 0.05) is 17.0 Å². The Morgan fingerprint density at radius 1 is 1.04 bits per heavy atom. The van der Waals surface area contributed by atoms with Crippen LogP contribution in [0, 0.1) is 0 Å². The molecule has 2 aromatic carbocycles. The van der Waals surface area contributed by atoms with Crippen LogP contribution in [0.25, 0.3) is 0 Å². The second-order valence-electron chi connectivity index (χ2n) is 6.15. The fraction of sp³-hybridized carbons (Fsp3) is 0.190. The maximum atomic E-state index is 12.6. The molecular formula is C21H22N2O2S. The van der Waals surface area contributed by atoms with E-state index in [0.717, 1.165) is 5.75 Å². The van der Waals surface area contributed by atoms with Crippen LogP contribution in [-0.2, 0) is 0 Å². The Morgan fingerprint density at radius 2 is 1.81 bits per heavy atom. The van der Waals surface area contributed by atoms with Crippen LogP contribution < -0.4 is 10.1 Å². The molecule has 1 aromatic heterocycles. The van der Waals surface area contributed by atoms with Crippen molar-refractivity contribution in [2.75, 3.05) is 20.6 Å². The van der Waals surface area contributed by atoms with Gasteiger partial charge in [-0.3, -0.25) is 4.79 Å². The summed E-state index contributed by atoms with van der Waals surface area (Å²) in [5.74, 6) is 1.29. The first-order chi connectivity index (χ1) is 12.6. The SMILES string of the molecule is CN(C)[C@@H](CNC(=O)c1cccc(Oc2ccccc2)c1)c1cccs1. The van der Waals surface area contributed by atoms with Crippen LogP contribution in [0.3, 0.4) is 0 Å². The van der Waals surface area contributed by atoms with Crippen molar-refractivity contribution >= 4 is 17.2 Å². The molecule has 0 saturated heterocycles. The van der Waals surface area contributed by atoms with Crippen LogP contribution in [0.15, 0.2) is 72.1 Å². The van der Waals surface area contributed by atoms with Gasteiger partial charge in [0.15, 0.2) is 0 Å². The van der Waals surface area contributed by atoms with E-state index in [0.29, 0.717) is 17.9 Å². The Balaban J connectivity index is 1.65. The predicted molar refractivity (Wildman–Crippen MR) is 106 cm³/mol. The lowest BCUT2D eigenvalue weighted by atomic mass is 10.1. The molecular weight excluding hydrogens is 344 g/mol. The summed E-state index contributed by atoms with van der Waals surface area (Å²) in [6, 6.07) is 21.0. The van der Waals surface area contributed by atoms with E-state index in [1.807, 2.05) is 62.6 Å². The first-order valence-corrected chi connectivity index (χ1v) is 9.32. The number of rotatable bonds is 7. The van der Waals surface area contributed by atoms with Crippen molar-refractivity contribution in [1.82, 2.24) is 10.2 Å². The van der Waals surface area contributed by atoms with Crippen molar-refractivity contribution in [3.8, 4) is 11.5 Å². The molecule has 1 heterocycles. The van der Waals surface area contributed by atoms with Crippen molar-refractivity contribution in [3.63, 3.8) is 0 Å². The van der Waals surface area contributed by atoms with Gasteiger partial charge in [0.25, 0.3) is 5.91 Å². The van der Waals surface area contributed by atoms with E-state index in [2.05, 4.69) is 21.7 Å². The van der Waals surface area contributed by atoms with E-state index in [-0.39, 0.29) is 11.9 Å². The van der Waals surface area contributed by atoms with Gasteiger partial charge in [0.1, 0.15) is 11.5 Å². The third kappa shape index (κ3) is 4.71.